The zero-order chi connectivity index (χ0) is 18.5. The summed E-state index contributed by atoms with van der Waals surface area (Å²) < 4.78 is 10.1. The maximum atomic E-state index is 8.20. The predicted molar refractivity (Wildman–Crippen MR) is 114 cm³/mol. The average molecular weight is 535 g/mol. The first-order chi connectivity index (χ1) is 13.0. The summed E-state index contributed by atoms with van der Waals surface area (Å²) in [6.07, 6.45) is 5.88. The number of H-pyrrole nitrogens is 2. The van der Waals surface area contributed by atoms with Gasteiger partial charge in [-0.25, -0.2) is 9.97 Å². The summed E-state index contributed by atoms with van der Waals surface area (Å²) in [7, 11) is 0. The van der Waals surface area contributed by atoms with E-state index in [0.29, 0.717) is 6.04 Å². The molecule has 8 bridgehead atoms. The molecule has 3 aromatic rings. The maximum absolute atomic E-state index is 8.20. The van der Waals surface area contributed by atoms with E-state index in [1.54, 1.807) is 6.07 Å². The van der Waals surface area contributed by atoms with E-state index in [2.05, 4.69) is 51.8 Å². The molecule has 2 N–H and O–H groups in total. The number of aromatic nitrogens is 4. The predicted octanol–water partition coefficient (Wildman–Crippen LogP) is 6.14. The Labute approximate surface area is 186 Å². The molecule has 5 heterocycles. The van der Waals surface area contributed by atoms with Crippen LogP contribution in [0.25, 0.3) is 44.8 Å². The summed E-state index contributed by atoms with van der Waals surface area (Å²) >= 11 is 7.18. The van der Waals surface area contributed by atoms with Crippen LogP contribution < -0.4 is 0 Å². The van der Waals surface area contributed by atoms with Crippen molar-refractivity contribution >= 4 is 76.6 Å². The van der Waals surface area contributed by atoms with Gasteiger partial charge in [0.2, 0.25) is 0 Å². The van der Waals surface area contributed by atoms with Crippen LogP contribution >= 0.6 is 31.9 Å². The van der Waals surface area contributed by atoms with Gasteiger partial charge in [0.25, 0.3) is 0 Å². The topological polar surface area (TPSA) is 57.4 Å². The molecule has 0 aliphatic carbocycles. The van der Waals surface area contributed by atoms with Gasteiger partial charge in [0.1, 0.15) is 0 Å². The fraction of sp³-hybridized carbons (Fsp3) is 0. The molecule has 7 heteroatoms. The number of halogens is 2. The average Bonchev–Trinajstić information content (AvgIpc) is 3.34. The van der Waals surface area contributed by atoms with E-state index in [9.17, 15) is 0 Å². The van der Waals surface area contributed by atoms with Crippen LogP contribution in [0.3, 0.4) is 0 Å². The normalized spacial score (nSPS) is 13.1. The van der Waals surface area contributed by atoms with Crippen LogP contribution in [0.15, 0.2) is 46.9 Å². The van der Waals surface area contributed by atoms with E-state index in [0.717, 1.165) is 53.8 Å². The van der Waals surface area contributed by atoms with Gasteiger partial charge in [0.15, 0.2) is 0 Å². The minimum Gasteiger partial charge on any atom is -0.355 e. The molecular weight excluding hydrogens is 521 g/mol. The molecule has 4 nitrogen and oxygen atoms in total. The van der Waals surface area contributed by atoms with Crippen molar-refractivity contribution in [1.29, 1.82) is 0 Å². The molecule has 0 radical (unpaired) electrons. The van der Waals surface area contributed by atoms with Crippen molar-refractivity contribution in [3.63, 3.8) is 0 Å². The molecular formula is C20H12Br2N4Zn. The third kappa shape index (κ3) is 3.77. The number of aromatic amines is 2. The van der Waals surface area contributed by atoms with Crippen molar-refractivity contribution in [1.82, 2.24) is 19.9 Å². The van der Waals surface area contributed by atoms with Crippen LogP contribution in [0.1, 0.15) is 24.1 Å². The number of nitrogens with one attached hydrogen (secondary N) is 2. The summed E-state index contributed by atoms with van der Waals surface area (Å²) in [5.41, 5.74) is 6.75. The largest absolute Gasteiger partial charge is 0.355 e. The van der Waals surface area contributed by atoms with Crippen molar-refractivity contribution in [2.24, 2.45) is 0 Å². The second kappa shape index (κ2) is 7.30. The second-order valence-corrected chi connectivity index (χ2v) is 7.76. The van der Waals surface area contributed by atoms with Gasteiger partial charge in [-0.15, -0.1) is 0 Å². The number of hydrogen-bond acceptors (Lipinski definition) is 2. The molecule has 0 spiro atoms. The van der Waals surface area contributed by atoms with Gasteiger partial charge in [0, 0.05) is 45.0 Å². The van der Waals surface area contributed by atoms with E-state index in [-0.39, 0.29) is 19.5 Å². The van der Waals surface area contributed by atoms with E-state index in [1.165, 1.54) is 0 Å². The molecule has 0 saturated carbocycles. The molecule has 2 aliphatic heterocycles. The first-order valence-corrected chi connectivity index (χ1v) is 9.56. The molecule has 0 aromatic carbocycles. The SMILES string of the molecule is [2H]c1cc2cc3nc(cc4[nH]c(cc5nc(cc1[nH]2)C=C5)cc4Br)C=C3Br.[Zn]. The van der Waals surface area contributed by atoms with Gasteiger partial charge in [-0.1, -0.05) is 0 Å². The standard InChI is InChI=1S/C20H12Br2N4.Zn/c21-17-7-15-6-13-2-1-11(23-13)5-12-3-4-14(24-12)9-19-18(22)8-16(26-19)10-20(17)25-15;/h1-10,24-25H;/i3D;. The third-order valence-corrected chi connectivity index (χ3v) is 5.40. The molecule has 128 valence electrons. The summed E-state index contributed by atoms with van der Waals surface area (Å²) in [6, 6.07) is 12.0. The number of rotatable bonds is 0. The Morgan fingerprint density at radius 3 is 2.41 bits per heavy atom. The summed E-state index contributed by atoms with van der Waals surface area (Å²) in [5, 5.41) is 0. The number of nitrogens with zero attached hydrogens (tertiary/aromatic N) is 2. The Kier molecular flexibility index (Phi) is 4.68. The summed E-state index contributed by atoms with van der Waals surface area (Å²) in [4.78, 5) is 15.9. The molecule has 27 heavy (non-hydrogen) atoms. The Balaban J connectivity index is 0.00000192. The van der Waals surface area contributed by atoms with Gasteiger partial charge in [-0.3, -0.25) is 0 Å². The van der Waals surface area contributed by atoms with Gasteiger partial charge in [0.05, 0.1) is 29.7 Å². The minimum atomic E-state index is 0. The molecule has 2 aliphatic rings. The molecule has 0 saturated heterocycles. The molecule has 0 atom stereocenters. The van der Waals surface area contributed by atoms with Crippen LogP contribution in [0.5, 0.6) is 0 Å². The van der Waals surface area contributed by atoms with Crippen LogP contribution in [-0.4, -0.2) is 19.9 Å². The van der Waals surface area contributed by atoms with Crippen LogP contribution in [-0.2, 0) is 19.5 Å². The Morgan fingerprint density at radius 2 is 1.59 bits per heavy atom. The monoisotopic (exact) mass is 531 g/mol. The van der Waals surface area contributed by atoms with Gasteiger partial charge in [-0.2, -0.15) is 0 Å². The Bertz CT molecular complexity index is 1320. The van der Waals surface area contributed by atoms with Gasteiger partial charge >= 0.3 is 0 Å². The fourth-order valence-corrected chi connectivity index (χ4v) is 3.85. The molecule has 0 amide bonds. The van der Waals surface area contributed by atoms with Crippen molar-refractivity contribution in [2.45, 2.75) is 0 Å². The van der Waals surface area contributed by atoms with Crippen molar-refractivity contribution < 1.29 is 20.8 Å². The van der Waals surface area contributed by atoms with E-state index < -0.39 is 0 Å². The zero-order valence-electron chi connectivity index (χ0n) is 15.1. The molecule has 0 unspecified atom stereocenters. The van der Waals surface area contributed by atoms with Crippen LogP contribution in [0.4, 0.5) is 0 Å². The maximum Gasteiger partial charge on any atom is 0.0800 e. The zero-order valence-corrected chi connectivity index (χ0v) is 20.2. The smallest absolute Gasteiger partial charge is 0.0800 e. The minimum absolute atomic E-state index is 0. The molecule has 5 rings (SSSR count). The fourth-order valence-electron chi connectivity index (χ4n) is 2.95. The van der Waals surface area contributed by atoms with E-state index in [1.807, 2.05) is 48.6 Å². The van der Waals surface area contributed by atoms with Gasteiger partial charge in [-0.05, 0) is 92.5 Å². The first-order valence-electron chi connectivity index (χ1n) is 8.47. The quantitative estimate of drug-likeness (QED) is 0.267. The Hall–Kier alpha value is -1.82. The van der Waals surface area contributed by atoms with Crippen LogP contribution in [0.2, 0.25) is 0 Å². The molecule has 3 aromatic heterocycles. The number of fused-ring (bicyclic) bond motifs is 8. The number of hydrogen-bond donors (Lipinski definition) is 2. The summed E-state index contributed by atoms with van der Waals surface area (Å²) in [6.45, 7) is 0. The van der Waals surface area contributed by atoms with Crippen molar-refractivity contribution in [3.05, 3.63) is 69.7 Å². The molecule has 0 fully saturated rings. The third-order valence-electron chi connectivity index (χ3n) is 4.11. The van der Waals surface area contributed by atoms with Crippen molar-refractivity contribution in [3.8, 4) is 0 Å². The second-order valence-electron chi connectivity index (χ2n) is 6.06. The first kappa shape index (κ1) is 17.3. The van der Waals surface area contributed by atoms with Crippen LogP contribution in [0, 0.1) is 0 Å². The Morgan fingerprint density at radius 1 is 0.815 bits per heavy atom. The van der Waals surface area contributed by atoms with Crippen molar-refractivity contribution in [2.75, 3.05) is 0 Å². The van der Waals surface area contributed by atoms with E-state index >= 15 is 0 Å². The van der Waals surface area contributed by atoms with E-state index in [4.69, 9.17) is 1.37 Å². The summed E-state index contributed by atoms with van der Waals surface area (Å²) in [5.74, 6) is 0. The van der Waals surface area contributed by atoms with Gasteiger partial charge < -0.3 is 9.97 Å².